The first-order valence-corrected chi connectivity index (χ1v) is 8.96. The third-order valence-corrected chi connectivity index (χ3v) is 4.73. The molecule has 0 spiro atoms. The summed E-state index contributed by atoms with van der Waals surface area (Å²) in [6.07, 6.45) is 4.48. The van der Waals surface area contributed by atoms with Gasteiger partial charge in [-0.2, -0.15) is 5.10 Å². The van der Waals surface area contributed by atoms with Gasteiger partial charge in [0.25, 0.3) is 0 Å². The molecule has 5 nitrogen and oxygen atoms in total. The Hall–Kier alpha value is -3.08. The zero-order valence-electron chi connectivity index (χ0n) is 14.8. The van der Waals surface area contributed by atoms with Crippen molar-refractivity contribution in [2.75, 3.05) is 10.6 Å². The Morgan fingerprint density at radius 3 is 2.85 bits per heavy atom. The van der Waals surface area contributed by atoms with Gasteiger partial charge in [-0.3, -0.25) is 4.79 Å². The smallest absolute Gasteiger partial charge is 0.224 e. The largest absolute Gasteiger partial charge is 0.381 e. The third kappa shape index (κ3) is 3.47. The van der Waals surface area contributed by atoms with Gasteiger partial charge in [0.15, 0.2) is 0 Å². The molecule has 0 saturated carbocycles. The molecule has 0 radical (unpaired) electrons. The zero-order valence-corrected chi connectivity index (χ0v) is 14.8. The molecular formula is C21H22N4O. The summed E-state index contributed by atoms with van der Waals surface area (Å²) < 4.78 is 1.92. The van der Waals surface area contributed by atoms with Crippen molar-refractivity contribution in [2.45, 2.75) is 32.7 Å². The molecule has 0 unspecified atom stereocenters. The van der Waals surface area contributed by atoms with Crippen LogP contribution in [0.4, 0.5) is 11.4 Å². The van der Waals surface area contributed by atoms with E-state index in [1.807, 2.05) is 54.1 Å². The monoisotopic (exact) mass is 346 g/mol. The molecule has 2 heterocycles. The molecule has 2 aromatic carbocycles. The molecular weight excluding hydrogens is 324 g/mol. The number of hydrogen-bond donors (Lipinski definition) is 2. The predicted octanol–water partition coefficient (Wildman–Crippen LogP) is 4.07. The molecule has 5 heteroatoms. The first kappa shape index (κ1) is 16.4. The Balaban J connectivity index is 1.49. The Kier molecular flexibility index (Phi) is 4.44. The number of nitrogens with zero attached hydrogens (tertiary/aromatic N) is 2. The van der Waals surface area contributed by atoms with Gasteiger partial charge in [0.1, 0.15) is 0 Å². The quantitative estimate of drug-likeness (QED) is 0.749. The van der Waals surface area contributed by atoms with E-state index in [4.69, 9.17) is 0 Å². The van der Waals surface area contributed by atoms with Crippen LogP contribution in [0.25, 0.3) is 5.69 Å². The number of aromatic nitrogens is 2. The second kappa shape index (κ2) is 7.04. The molecule has 4 rings (SSSR count). The molecule has 1 aromatic heterocycles. The van der Waals surface area contributed by atoms with Crippen LogP contribution in [0.15, 0.2) is 54.7 Å². The number of benzene rings is 2. The van der Waals surface area contributed by atoms with Crippen LogP contribution in [-0.2, 0) is 17.8 Å². The average molecular weight is 346 g/mol. The van der Waals surface area contributed by atoms with Crippen molar-refractivity contribution in [1.29, 1.82) is 0 Å². The van der Waals surface area contributed by atoms with E-state index < -0.39 is 0 Å². The molecule has 0 bridgehead atoms. The molecule has 3 aromatic rings. The maximum absolute atomic E-state index is 11.7. The van der Waals surface area contributed by atoms with Crippen molar-refractivity contribution in [3.8, 4) is 5.69 Å². The minimum absolute atomic E-state index is 0.105. The summed E-state index contributed by atoms with van der Waals surface area (Å²) in [5.41, 5.74) is 6.43. The van der Waals surface area contributed by atoms with Crippen LogP contribution in [0.2, 0.25) is 0 Å². The highest BCUT2D eigenvalue weighted by Gasteiger charge is 2.13. The summed E-state index contributed by atoms with van der Waals surface area (Å²) in [5.74, 6) is 0.105. The number of aryl methyl sites for hydroxylation is 2. The van der Waals surface area contributed by atoms with E-state index in [0.29, 0.717) is 13.0 Å². The normalized spacial score (nSPS) is 13.7. The van der Waals surface area contributed by atoms with Crippen LogP contribution in [0.5, 0.6) is 0 Å². The highest BCUT2D eigenvalue weighted by atomic mass is 16.1. The second-order valence-electron chi connectivity index (χ2n) is 6.65. The van der Waals surface area contributed by atoms with E-state index in [-0.39, 0.29) is 5.91 Å². The number of carbonyl (C=O) groups is 1. The lowest BCUT2D eigenvalue weighted by molar-refractivity contribution is -0.116. The van der Waals surface area contributed by atoms with Gasteiger partial charge in [-0.25, -0.2) is 4.68 Å². The van der Waals surface area contributed by atoms with Crippen LogP contribution < -0.4 is 10.6 Å². The van der Waals surface area contributed by atoms with Crippen LogP contribution >= 0.6 is 0 Å². The fourth-order valence-corrected chi connectivity index (χ4v) is 3.26. The topological polar surface area (TPSA) is 59.0 Å². The van der Waals surface area contributed by atoms with E-state index in [9.17, 15) is 4.79 Å². The molecule has 26 heavy (non-hydrogen) atoms. The highest BCUT2D eigenvalue weighted by Crippen LogP contribution is 2.25. The number of nitrogens with one attached hydrogen (secondary N) is 2. The molecule has 2 N–H and O–H groups in total. The van der Waals surface area contributed by atoms with Crippen LogP contribution in [0.1, 0.15) is 29.7 Å². The molecule has 1 aliphatic heterocycles. The molecule has 0 atom stereocenters. The standard InChI is InChI=1S/C21H22N4O/c1-15-17(14-25(24-15)19-7-3-2-4-8-19)13-22-18-10-11-20-16(12-18)6-5-9-21(26)23-20/h2-4,7-8,10-12,14,22H,5-6,9,13H2,1H3,(H,23,26). The summed E-state index contributed by atoms with van der Waals surface area (Å²) in [6, 6.07) is 16.3. The number of fused-ring (bicyclic) bond motifs is 1. The SMILES string of the molecule is Cc1nn(-c2ccccc2)cc1CNc1ccc2c(c1)CCCC(=O)N2. The Morgan fingerprint density at radius 1 is 1.15 bits per heavy atom. The van der Waals surface area contributed by atoms with Crippen molar-refractivity contribution < 1.29 is 4.79 Å². The summed E-state index contributed by atoms with van der Waals surface area (Å²) in [5, 5.41) is 11.1. The summed E-state index contributed by atoms with van der Waals surface area (Å²) in [6.45, 7) is 2.74. The van der Waals surface area contributed by atoms with E-state index in [1.165, 1.54) is 5.56 Å². The van der Waals surface area contributed by atoms with E-state index >= 15 is 0 Å². The van der Waals surface area contributed by atoms with Gasteiger partial charge < -0.3 is 10.6 Å². The van der Waals surface area contributed by atoms with Crippen molar-refractivity contribution in [2.24, 2.45) is 0 Å². The third-order valence-electron chi connectivity index (χ3n) is 4.73. The van der Waals surface area contributed by atoms with Gasteiger partial charge in [-0.15, -0.1) is 0 Å². The molecule has 1 amide bonds. The van der Waals surface area contributed by atoms with Crippen molar-refractivity contribution >= 4 is 17.3 Å². The second-order valence-corrected chi connectivity index (χ2v) is 6.65. The first-order chi connectivity index (χ1) is 12.7. The lowest BCUT2D eigenvalue weighted by atomic mass is 10.1. The Labute approximate surface area is 153 Å². The van der Waals surface area contributed by atoms with E-state index in [2.05, 4.69) is 28.0 Å². The Morgan fingerprint density at radius 2 is 2.00 bits per heavy atom. The van der Waals surface area contributed by atoms with Gasteiger partial charge in [0.05, 0.1) is 11.4 Å². The lowest BCUT2D eigenvalue weighted by Crippen LogP contribution is -2.09. The van der Waals surface area contributed by atoms with Crippen molar-refractivity contribution in [1.82, 2.24) is 9.78 Å². The Bertz CT molecular complexity index is 930. The van der Waals surface area contributed by atoms with Gasteiger partial charge >= 0.3 is 0 Å². The fraction of sp³-hybridized carbons (Fsp3) is 0.238. The predicted molar refractivity (Wildman–Crippen MR) is 104 cm³/mol. The number of amides is 1. The van der Waals surface area contributed by atoms with Crippen molar-refractivity contribution in [3.05, 3.63) is 71.5 Å². The summed E-state index contributed by atoms with van der Waals surface area (Å²) >= 11 is 0. The maximum Gasteiger partial charge on any atom is 0.224 e. The molecule has 1 aliphatic rings. The van der Waals surface area contributed by atoms with Gasteiger partial charge in [-0.05, 0) is 55.7 Å². The summed E-state index contributed by atoms with van der Waals surface area (Å²) in [7, 11) is 0. The van der Waals surface area contributed by atoms with Gasteiger partial charge in [0, 0.05) is 36.1 Å². The van der Waals surface area contributed by atoms with E-state index in [1.54, 1.807) is 0 Å². The number of hydrogen-bond acceptors (Lipinski definition) is 3. The molecule has 0 fully saturated rings. The van der Waals surface area contributed by atoms with Crippen LogP contribution in [0.3, 0.4) is 0 Å². The fourth-order valence-electron chi connectivity index (χ4n) is 3.26. The van der Waals surface area contributed by atoms with Gasteiger partial charge in [-0.1, -0.05) is 18.2 Å². The van der Waals surface area contributed by atoms with E-state index in [0.717, 1.165) is 41.2 Å². The number of carbonyl (C=O) groups excluding carboxylic acids is 1. The first-order valence-electron chi connectivity index (χ1n) is 8.96. The highest BCUT2D eigenvalue weighted by molar-refractivity contribution is 5.92. The minimum atomic E-state index is 0.105. The number of rotatable bonds is 4. The van der Waals surface area contributed by atoms with Crippen molar-refractivity contribution in [3.63, 3.8) is 0 Å². The maximum atomic E-state index is 11.7. The molecule has 0 saturated heterocycles. The molecule has 132 valence electrons. The lowest BCUT2D eigenvalue weighted by Gasteiger charge is -2.11. The molecule has 0 aliphatic carbocycles. The van der Waals surface area contributed by atoms with Crippen LogP contribution in [-0.4, -0.2) is 15.7 Å². The minimum Gasteiger partial charge on any atom is -0.381 e. The van der Waals surface area contributed by atoms with Gasteiger partial charge in [0.2, 0.25) is 5.91 Å². The number of para-hydroxylation sites is 1. The van der Waals surface area contributed by atoms with Crippen LogP contribution in [0, 0.1) is 6.92 Å². The zero-order chi connectivity index (χ0) is 17.9. The average Bonchev–Trinajstić information content (AvgIpc) is 2.92. The number of anilines is 2. The summed E-state index contributed by atoms with van der Waals surface area (Å²) in [4.78, 5) is 11.7.